The molecule has 0 aliphatic carbocycles. The zero-order valence-corrected chi connectivity index (χ0v) is 9.94. The Kier molecular flexibility index (Phi) is 3.78. The van der Waals surface area contributed by atoms with E-state index in [1.165, 1.54) is 0 Å². The van der Waals surface area contributed by atoms with Crippen molar-refractivity contribution in [3.63, 3.8) is 0 Å². The second-order valence-corrected chi connectivity index (χ2v) is 4.57. The lowest BCUT2D eigenvalue weighted by molar-refractivity contribution is -0.148. The average molecular weight is 228 g/mol. The molecule has 2 fully saturated rings. The third-order valence-electron chi connectivity index (χ3n) is 3.11. The first-order valence-corrected chi connectivity index (χ1v) is 5.91. The first kappa shape index (κ1) is 11.8. The third kappa shape index (κ3) is 2.53. The quantitative estimate of drug-likeness (QED) is 0.664. The van der Waals surface area contributed by atoms with Crippen molar-refractivity contribution in [2.45, 2.75) is 32.0 Å². The molecule has 3 unspecified atom stereocenters. The number of nitrogens with one attached hydrogen (secondary N) is 1. The lowest BCUT2D eigenvalue weighted by Crippen LogP contribution is -2.58. The smallest absolute Gasteiger partial charge is 0.242 e. The average Bonchev–Trinajstić information content (AvgIpc) is 2.32. The second kappa shape index (κ2) is 5.12. The molecule has 3 atom stereocenters. The van der Waals surface area contributed by atoms with Crippen LogP contribution < -0.4 is 5.32 Å². The highest BCUT2D eigenvalue weighted by atomic mass is 16.5. The van der Waals surface area contributed by atoms with E-state index >= 15 is 0 Å². The van der Waals surface area contributed by atoms with Gasteiger partial charge in [0.1, 0.15) is 6.04 Å². The normalized spacial score (nSPS) is 36.1. The molecule has 0 radical (unpaired) electrons. The number of morpholine rings is 2. The zero-order valence-electron chi connectivity index (χ0n) is 9.94. The summed E-state index contributed by atoms with van der Waals surface area (Å²) in [7, 11) is 0. The molecule has 0 bridgehead atoms. The molecule has 2 saturated heterocycles. The van der Waals surface area contributed by atoms with E-state index < -0.39 is 0 Å². The van der Waals surface area contributed by atoms with E-state index in [1.807, 2.05) is 18.7 Å². The van der Waals surface area contributed by atoms with E-state index in [1.54, 1.807) is 0 Å². The molecule has 0 aromatic rings. The summed E-state index contributed by atoms with van der Waals surface area (Å²) in [6.45, 7) is 7.25. The van der Waals surface area contributed by atoms with E-state index in [-0.39, 0.29) is 24.1 Å². The summed E-state index contributed by atoms with van der Waals surface area (Å²) in [6.07, 6.45) is 0.129. The molecule has 0 aromatic heterocycles. The van der Waals surface area contributed by atoms with E-state index in [0.717, 1.165) is 6.54 Å². The SMILES string of the molecule is CC1CN(C(=O)C2COCCN2)C(C)CO1. The van der Waals surface area contributed by atoms with Gasteiger partial charge < -0.3 is 19.7 Å². The Hall–Kier alpha value is -0.650. The van der Waals surface area contributed by atoms with Crippen LogP contribution in [0.3, 0.4) is 0 Å². The van der Waals surface area contributed by atoms with Crippen LogP contribution in [0.25, 0.3) is 0 Å². The van der Waals surface area contributed by atoms with Crippen molar-refractivity contribution in [3.05, 3.63) is 0 Å². The number of ether oxygens (including phenoxy) is 2. The molecule has 5 nitrogen and oxygen atoms in total. The largest absolute Gasteiger partial charge is 0.378 e. The fraction of sp³-hybridized carbons (Fsp3) is 0.909. The molecule has 2 aliphatic rings. The number of amides is 1. The highest BCUT2D eigenvalue weighted by Gasteiger charge is 2.32. The van der Waals surface area contributed by atoms with Crippen molar-refractivity contribution in [2.75, 3.05) is 32.9 Å². The van der Waals surface area contributed by atoms with Gasteiger partial charge in [0, 0.05) is 13.1 Å². The topological polar surface area (TPSA) is 50.8 Å². The fourth-order valence-electron chi connectivity index (χ4n) is 2.13. The monoisotopic (exact) mass is 228 g/mol. The molecule has 92 valence electrons. The van der Waals surface area contributed by atoms with Gasteiger partial charge in [-0.3, -0.25) is 4.79 Å². The van der Waals surface area contributed by atoms with Gasteiger partial charge in [-0.1, -0.05) is 0 Å². The van der Waals surface area contributed by atoms with Crippen molar-refractivity contribution in [3.8, 4) is 0 Å². The van der Waals surface area contributed by atoms with Gasteiger partial charge in [-0.25, -0.2) is 0 Å². The highest BCUT2D eigenvalue weighted by Crippen LogP contribution is 2.13. The summed E-state index contributed by atoms with van der Waals surface area (Å²) in [5.74, 6) is 0.141. The van der Waals surface area contributed by atoms with Crippen LogP contribution in [0.4, 0.5) is 0 Å². The van der Waals surface area contributed by atoms with Crippen molar-refractivity contribution in [1.29, 1.82) is 0 Å². The van der Waals surface area contributed by atoms with Gasteiger partial charge >= 0.3 is 0 Å². The standard InChI is InChI=1S/C11H20N2O3/c1-8-6-16-9(2)5-13(8)11(14)10-7-15-4-3-12-10/h8-10,12H,3-7H2,1-2H3. The number of carbonyl (C=O) groups excluding carboxylic acids is 1. The molecule has 2 aliphatic heterocycles. The minimum Gasteiger partial charge on any atom is -0.378 e. The van der Waals surface area contributed by atoms with Gasteiger partial charge in [0.05, 0.1) is 32.0 Å². The fourth-order valence-corrected chi connectivity index (χ4v) is 2.13. The maximum atomic E-state index is 12.2. The minimum absolute atomic E-state index is 0.129. The van der Waals surface area contributed by atoms with Crippen LogP contribution in [0, 0.1) is 0 Å². The molecular weight excluding hydrogens is 208 g/mol. The summed E-state index contributed by atoms with van der Waals surface area (Å²) < 4.78 is 10.8. The van der Waals surface area contributed by atoms with Gasteiger partial charge in [0.25, 0.3) is 0 Å². The number of rotatable bonds is 1. The lowest BCUT2D eigenvalue weighted by atomic mass is 10.1. The Balaban J connectivity index is 1.96. The number of nitrogens with zero attached hydrogens (tertiary/aromatic N) is 1. The minimum atomic E-state index is -0.179. The molecule has 5 heteroatoms. The van der Waals surface area contributed by atoms with Crippen LogP contribution >= 0.6 is 0 Å². The van der Waals surface area contributed by atoms with Crippen molar-refractivity contribution in [1.82, 2.24) is 10.2 Å². The van der Waals surface area contributed by atoms with E-state index in [0.29, 0.717) is 26.4 Å². The maximum absolute atomic E-state index is 12.2. The Morgan fingerprint density at radius 3 is 2.88 bits per heavy atom. The van der Waals surface area contributed by atoms with E-state index in [9.17, 15) is 4.79 Å². The van der Waals surface area contributed by atoms with Crippen molar-refractivity contribution >= 4 is 5.91 Å². The number of hydrogen-bond acceptors (Lipinski definition) is 4. The van der Waals surface area contributed by atoms with E-state index in [2.05, 4.69) is 5.32 Å². The summed E-state index contributed by atoms with van der Waals surface area (Å²) in [6, 6.07) is -0.0195. The maximum Gasteiger partial charge on any atom is 0.242 e. The first-order valence-electron chi connectivity index (χ1n) is 5.91. The Bertz CT molecular complexity index is 254. The van der Waals surface area contributed by atoms with Crippen LogP contribution in [-0.4, -0.2) is 61.9 Å². The third-order valence-corrected chi connectivity index (χ3v) is 3.11. The molecular formula is C11H20N2O3. The summed E-state index contributed by atoms with van der Waals surface area (Å²) in [5, 5.41) is 3.19. The van der Waals surface area contributed by atoms with Crippen molar-refractivity contribution in [2.24, 2.45) is 0 Å². The number of carbonyl (C=O) groups is 1. The molecule has 0 aromatic carbocycles. The molecule has 16 heavy (non-hydrogen) atoms. The predicted octanol–water partition coefficient (Wildman–Crippen LogP) is -0.389. The summed E-state index contributed by atoms with van der Waals surface area (Å²) >= 11 is 0. The Labute approximate surface area is 96.1 Å². The molecule has 1 N–H and O–H groups in total. The first-order chi connectivity index (χ1) is 7.68. The lowest BCUT2D eigenvalue weighted by Gasteiger charge is -2.39. The van der Waals surface area contributed by atoms with Crippen LogP contribution in [-0.2, 0) is 14.3 Å². The predicted molar refractivity (Wildman–Crippen MR) is 59.2 cm³/mol. The van der Waals surface area contributed by atoms with Crippen molar-refractivity contribution < 1.29 is 14.3 Å². The molecule has 2 heterocycles. The van der Waals surface area contributed by atoms with E-state index in [4.69, 9.17) is 9.47 Å². The zero-order chi connectivity index (χ0) is 11.5. The van der Waals surface area contributed by atoms with Gasteiger partial charge in [0.15, 0.2) is 0 Å². The highest BCUT2D eigenvalue weighted by molar-refractivity contribution is 5.82. The molecule has 0 spiro atoms. The Morgan fingerprint density at radius 2 is 2.19 bits per heavy atom. The summed E-state index contributed by atoms with van der Waals surface area (Å²) in [4.78, 5) is 14.1. The molecule has 0 saturated carbocycles. The number of hydrogen-bond donors (Lipinski definition) is 1. The second-order valence-electron chi connectivity index (χ2n) is 4.57. The van der Waals surface area contributed by atoms with Gasteiger partial charge in [0.2, 0.25) is 5.91 Å². The molecule has 1 amide bonds. The summed E-state index contributed by atoms with van der Waals surface area (Å²) in [5.41, 5.74) is 0. The molecule has 2 rings (SSSR count). The van der Waals surface area contributed by atoms with Gasteiger partial charge in [-0.15, -0.1) is 0 Å². The van der Waals surface area contributed by atoms with Gasteiger partial charge in [-0.2, -0.15) is 0 Å². The van der Waals surface area contributed by atoms with Crippen LogP contribution in [0.15, 0.2) is 0 Å². The van der Waals surface area contributed by atoms with Gasteiger partial charge in [-0.05, 0) is 13.8 Å². The van der Waals surface area contributed by atoms with Crippen LogP contribution in [0.1, 0.15) is 13.8 Å². The Morgan fingerprint density at radius 1 is 1.38 bits per heavy atom. The van der Waals surface area contributed by atoms with Crippen LogP contribution in [0.5, 0.6) is 0 Å². The van der Waals surface area contributed by atoms with Crippen LogP contribution in [0.2, 0.25) is 0 Å².